The van der Waals surface area contributed by atoms with Crippen LogP contribution in [0.4, 0.5) is 5.69 Å². The number of benzene rings is 1. The lowest BCUT2D eigenvalue weighted by molar-refractivity contribution is -0.111. The monoisotopic (exact) mass is 354 g/mol. The van der Waals surface area contributed by atoms with E-state index < -0.39 is 0 Å². The summed E-state index contributed by atoms with van der Waals surface area (Å²) in [7, 11) is 1.81. The van der Waals surface area contributed by atoms with Crippen molar-refractivity contribution in [2.75, 3.05) is 18.5 Å². The summed E-state index contributed by atoms with van der Waals surface area (Å²) in [4.78, 5) is 24.6. The smallest absolute Gasteiger partial charge is 0.253 e. The molecule has 0 bridgehead atoms. The van der Waals surface area contributed by atoms with E-state index in [2.05, 4.69) is 15.7 Å². The largest absolute Gasteiger partial charge is 0.376 e. The molecule has 1 aromatic carbocycles. The van der Waals surface area contributed by atoms with E-state index in [0.29, 0.717) is 17.8 Å². The number of amides is 2. The van der Waals surface area contributed by atoms with Crippen molar-refractivity contribution < 1.29 is 14.3 Å². The molecule has 2 N–H and O–H groups in total. The minimum Gasteiger partial charge on any atom is -0.376 e. The first-order valence-electron chi connectivity index (χ1n) is 8.58. The van der Waals surface area contributed by atoms with E-state index in [1.54, 1.807) is 47.4 Å². The molecular weight excluding hydrogens is 332 g/mol. The van der Waals surface area contributed by atoms with Gasteiger partial charge in [0, 0.05) is 38.0 Å². The summed E-state index contributed by atoms with van der Waals surface area (Å²) in [5, 5.41) is 9.66. The molecule has 136 valence electrons. The number of aryl methyl sites for hydroxylation is 1. The van der Waals surface area contributed by atoms with Crippen molar-refractivity contribution in [2.24, 2.45) is 7.05 Å². The van der Waals surface area contributed by atoms with Crippen LogP contribution in [0.25, 0.3) is 6.08 Å². The predicted molar refractivity (Wildman–Crippen MR) is 98.6 cm³/mol. The van der Waals surface area contributed by atoms with Crippen LogP contribution in [0.3, 0.4) is 0 Å². The molecule has 2 amide bonds. The van der Waals surface area contributed by atoms with Gasteiger partial charge in [-0.2, -0.15) is 5.10 Å². The third-order valence-corrected chi connectivity index (χ3v) is 4.10. The van der Waals surface area contributed by atoms with Crippen LogP contribution in [0.1, 0.15) is 28.8 Å². The van der Waals surface area contributed by atoms with Gasteiger partial charge in [-0.25, -0.2) is 0 Å². The van der Waals surface area contributed by atoms with Crippen molar-refractivity contribution in [3.63, 3.8) is 0 Å². The number of para-hydroxylation sites is 1. The second-order valence-electron chi connectivity index (χ2n) is 6.16. The Balaban J connectivity index is 1.61. The molecule has 7 nitrogen and oxygen atoms in total. The van der Waals surface area contributed by atoms with Crippen LogP contribution in [-0.4, -0.2) is 40.9 Å². The highest BCUT2D eigenvalue weighted by molar-refractivity contribution is 6.07. The summed E-state index contributed by atoms with van der Waals surface area (Å²) in [5.74, 6) is -0.541. The molecule has 1 fully saturated rings. The number of hydrogen-bond donors (Lipinski definition) is 2. The van der Waals surface area contributed by atoms with Gasteiger partial charge in [-0.05, 0) is 31.1 Å². The van der Waals surface area contributed by atoms with Crippen molar-refractivity contribution in [1.29, 1.82) is 0 Å². The van der Waals surface area contributed by atoms with Crippen LogP contribution in [-0.2, 0) is 16.6 Å². The molecular formula is C19H22N4O3. The number of nitrogens with one attached hydrogen (secondary N) is 2. The lowest BCUT2D eigenvalue weighted by atomic mass is 10.1. The van der Waals surface area contributed by atoms with Crippen LogP contribution in [0.2, 0.25) is 0 Å². The zero-order chi connectivity index (χ0) is 18.4. The Morgan fingerprint density at radius 1 is 1.38 bits per heavy atom. The fraction of sp³-hybridized carbons (Fsp3) is 0.316. The first kappa shape index (κ1) is 17.9. The van der Waals surface area contributed by atoms with Crippen molar-refractivity contribution in [2.45, 2.75) is 18.9 Å². The fourth-order valence-electron chi connectivity index (χ4n) is 2.77. The topological polar surface area (TPSA) is 85.2 Å². The van der Waals surface area contributed by atoms with E-state index in [-0.39, 0.29) is 17.9 Å². The van der Waals surface area contributed by atoms with Gasteiger partial charge in [0.1, 0.15) is 0 Å². The number of hydrogen-bond acceptors (Lipinski definition) is 4. The molecule has 2 heterocycles. The van der Waals surface area contributed by atoms with Gasteiger partial charge in [0.15, 0.2) is 0 Å². The van der Waals surface area contributed by atoms with Gasteiger partial charge in [-0.3, -0.25) is 14.3 Å². The van der Waals surface area contributed by atoms with E-state index in [1.165, 1.54) is 6.08 Å². The molecule has 26 heavy (non-hydrogen) atoms. The highest BCUT2D eigenvalue weighted by atomic mass is 16.5. The van der Waals surface area contributed by atoms with Crippen LogP contribution >= 0.6 is 0 Å². The van der Waals surface area contributed by atoms with E-state index in [1.807, 2.05) is 7.05 Å². The number of carbonyl (C=O) groups is 2. The minimum absolute atomic E-state index is 0.0723. The summed E-state index contributed by atoms with van der Waals surface area (Å²) < 4.78 is 7.17. The minimum atomic E-state index is -0.312. The SMILES string of the molecule is Cn1cc(/C=C/C(=O)Nc2ccccc2C(=O)NC[C@@H]2CCCO2)cn1. The molecule has 0 radical (unpaired) electrons. The number of carbonyl (C=O) groups excluding carboxylic acids is 2. The molecule has 1 aromatic heterocycles. The fourth-order valence-corrected chi connectivity index (χ4v) is 2.77. The summed E-state index contributed by atoms with van der Waals surface area (Å²) >= 11 is 0. The van der Waals surface area contributed by atoms with Gasteiger partial charge in [0.25, 0.3) is 5.91 Å². The second-order valence-corrected chi connectivity index (χ2v) is 6.16. The molecule has 2 aromatic rings. The van der Waals surface area contributed by atoms with Gasteiger partial charge in [-0.15, -0.1) is 0 Å². The van der Waals surface area contributed by atoms with Gasteiger partial charge in [0.2, 0.25) is 5.91 Å². The van der Waals surface area contributed by atoms with E-state index in [9.17, 15) is 9.59 Å². The lowest BCUT2D eigenvalue weighted by Gasteiger charge is -2.13. The first-order chi connectivity index (χ1) is 12.6. The maximum Gasteiger partial charge on any atom is 0.253 e. The average Bonchev–Trinajstić information content (AvgIpc) is 3.30. The number of aromatic nitrogens is 2. The maximum absolute atomic E-state index is 12.4. The molecule has 0 spiro atoms. The Morgan fingerprint density at radius 2 is 2.23 bits per heavy atom. The predicted octanol–water partition coefficient (Wildman–Crippen LogP) is 1.98. The molecule has 1 aliphatic rings. The third kappa shape index (κ3) is 4.80. The normalized spacial score (nSPS) is 16.7. The van der Waals surface area contributed by atoms with Crippen LogP contribution in [0.15, 0.2) is 42.7 Å². The standard InChI is InChI=1S/C19H22N4O3/c1-23-13-14(11-21-23)8-9-18(24)22-17-7-3-2-6-16(17)19(25)20-12-15-5-4-10-26-15/h2-3,6-9,11,13,15H,4-5,10,12H2,1H3,(H,20,25)(H,22,24)/b9-8+/t15-/m0/s1. The highest BCUT2D eigenvalue weighted by Gasteiger charge is 2.18. The van der Waals surface area contributed by atoms with Crippen LogP contribution in [0, 0.1) is 0 Å². The summed E-state index contributed by atoms with van der Waals surface area (Å²) in [6.07, 6.45) is 8.60. The molecule has 3 rings (SSSR count). The van der Waals surface area contributed by atoms with Gasteiger partial charge >= 0.3 is 0 Å². The van der Waals surface area contributed by atoms with Gasteiger partial charge in [0.05, 0.1) is 23.6 Å². The van der Waals surface area contributed by atoms with Crippen molar-refractivity contribution >= 4 is 23.6 Å². The molecule has 0 unspecified atom stereocenters. The van der Waals surface area contributed by atoms with Crippen LogP contribution < -0.4 is 10.6 Å². The average molecular weight is 354 g/mol. The Bertz CT molecular complexity index is 807. The van der Waals surface area contributed by atoms with Crippen molar-refractivity contribution in [3.05, 3.63) is 53.9 Å². The Hall–Kier alpha value is -2.93. The number of rotatable bonds is 6. The number of nitrogens with zero attached hydrogens (tertiary/aromatic N) is 2. The third-order valence-electron chi connectivity index (χ3n) is 4.10. The van der Waals surface area contributed by atoms with Crippen molar-refractivity contribution in [1.82, 2.24) is 15.1 Å². The zero-order valence-corrected chi connectivity index (χ0v) is 14.6. The summed E-state index contributed by atoms with van der Waals surface area (Å²) in [5.41, 5.74) is 1.72. The Kier molecular flexibility index (Phi) is 5.80. The molecule has 0 aliphatic carbocycles. The summed E-state index contributed by atoms with van der Waals surface area (Å²) in [6.45, 7) is 1.22. The van der Waals surface area contributed by atoms with Gasteiger partial charge < -0.3 is 15.4 Å². The van der Waals surface area contributed by atoms with Gasteiger partial charge in [-0.1, -0.05) is 12.1 Å². The maximum atomic E-state index is 12.4. The van der Waals surface area contributed by atoms with E-state index >= 15 is 0 Å². The first-order valence-corrected chi connectivity index (χ1v) is 8.58. The quantitative estimate of drug-likeness (QED) is 0.777. The lowest BCUT2D eigenvalue weighted by Crippen LogP contribution is -2.32. The molecule has 0 saturated carbocycles. The zero-order valence-electron chi connectivity index (χ0n) is 14.6. The molecule has 1 atom stereocenters. The molecule has 1 saturated heterocycles. The number of anilines is 1. The van der Waals surface area contributed by atoms with E-state index in [0.717, 1.165) is 25.0 Å². The van der Waals surface area contributed by atoms with Crippen LogP contribution in [0.5, 0.6) is 0 Å². The highest BCUT2D eigenvalue weighted by Crippen LogP contribution is 2.16. The number of ether oxygens (including phenoxy) is 1. The molecule has 1 aliphatic heterocycles. The Labute approximate surface area is 152 Å². The molecule has 7 heteroatoms. The van der Waals surface area contributed by atoms with E-state index in [4.69, 9.17) is 4.74 Å². The second kappa shape index (κ2) is 8.44. The summed E-state index contributed by atoms with van der Waals surface area (Å²) in [6, 6.07) is 6.93. The van der Waals surface area contributed by atoms with Crippen molar-refractivity contribution in [3.8, 4) is 0 Å². The Morgan fingerprint density at radius 3 is 2.96 bits per heavy atom.